The van der Waals surface area contributed by atoms with Crippen molar-refractivity contribution in [2.45, 2.75) is 26.2 Å². The van der Waals surface area contributed by atoms with Crippen LogP contribution in [0.5, 0.6) is 0 Å². The van der Waals surface area contributed by atoms with E-state index in [1.54, 1.807) is 0 Å². The largest absolute Gasteiger partial charge is 0.356 e. The summed E-state index contributed by atoms with van der Waals surface area (Å²) in [5, 5.41) is 3.16. The number of hydrogen-bond acceptors (Lipinski definition) is 6. The van der Waals surface area contributed by atoms with Gasteiger partial charge in [0.05, 0.1) is 12.2 Å². The third-order valence-electron chi connectivity index (χ3n) is 2.26. The molecule has 106 valence electrons. The molecular weight excluding hydrogens is 272 g/mol. The molecule has 0 saturated carbocycles. The molecule has 0 bridgehead atoms. The molecule has 0 aromatic rings. The zero-order chi connectivity index (χ0) is 14.3. The number of hydroxylamine groups is 2. The Labute approximate surface area is 115 Å². The van der Waals surface area contributed by atoms with Crippen molar-refractivity contribution >= 4 is 35.5 Å². The highest BCUT2D eigenvalue weighted by atomic mass is 32.2. The molecular formula is C11H16N2O5S. The van der Waals surface area contributed by atoms with Crippen LogP contribution in [-0.4, -0.2) is 46.8 Å². The fourth-order valence-corrected chi connectivity index (χ4v) is 2.12. The Morgan fingerprint density at radius 2 is 1.95 bits per heavy atom. The Kier molecular flexibility index (Phi) is 6.34. The van der Waals surface area contributed by atoms with Crippen LogP contribution in [0.4, 0.5) is 0 Å². The van der Waals surface area contributed by atoms with Gasteiger partial charge in [-0.05, 0) is 6.92 Å². The summed E-state index contributed by atoms with van der Waals surface area (Å²) < 4.78 is 0. The Bertz CT molecular complexity index is 369. The molecule has 0 aromatic heterocycles. The Hall–Kier alpha value is -1.57. The molecule has 1 rings (SSSR count). The summed E-state index contributed by atoms with van der Waals surface area (Å²) in [5.41, 5.74) is 0. The van der Waals surface area contributed by atoms with Gasteiger partial charge in [-0.3, -0.25) is 14.4 Å². The zero-order valence-corrected chi connectivity index (χ0v) is 11.5. The lowest BCUT2D eigenvalue weighted by molar-refractivity contribution is -0.197. The van der Waals surface area contributed by atoms with Crippen LogP contribution in [-0.2, 0) is 24.0 Å². The molecule has 1 heterocycles. The average molecular weight is 288 g/mol. The number of imide groups is 1. The van der Waals surface area contributed by atoms with E-state index in [9.17, 15) is 19.2 Å². The summed E-state index contributed by atoms with van der Waals surface area (Å²) in [5.74, 6) is -1.06. The van der Waals surface area contributed by atoms with Gasteiger partial charge in [0.15, 0.2) is 0 Å². The number of amides is 3. The van der Waals surface area contributed by atoms with Crippen molar-refractivity contribution < 1.29 is 24.0 Å². The highest BCUT2D eigenvalue weighted by molar-refractivity contribution is 7.99. The van der Waals surface area contributed by atoms with Crippen LogP contribution >= 0.6 is 11.8 Å². The molecule has 0 aliphatic carbocycles. The van der Waals surface area contributed by atoms with Crippen LogP contribution in [0.25, 0.3) is 0 Å². The van der Waals surface area contributed by atoms with Gasteiger partial charge >= 0.3 is 5.97 Å². The van der Waals surface area contributed by atoms with E-state index in [1.807, 2.05) is 6.92 Å². The van der Waals surface area contributed by atoms with Gasteiger partial charge in [-0.1, -0.05) is 0 Å². The van der Waals surface area contributed by atoms with E-state index in [-0.39, 0.29) is 30.9 Å². The molecule has 1 saturated heterocycles. The van der Waals surface area contributed by atoms with Crippen LogP contribution in [0.15, 0.2) is 0 Å². The van der Waals surface area contributed by atoms with Crippen LogP contribution in [0.3, 0.4) is 0 Å². The quantitative estimate of drug-likeness (QED) is 0.517. The summed E-state index contributed by atoms with van der Waals surface area (Å²) in [4.78, 5) is 49.5. The minimum atomic E-state index is -0.646. The Morgan fingerprint density at radius 1 is 1.32 bits per heavy atom. The lowest BCUT2D eigenvalue weighted by Gasteiger charge is -2.12. The minimum absolute atomic E-state index is 0.0428. The van der Waals surface area contributed by atoms with Crippen molar-refractivity contribution in [3.63, 3.8) is 0 Å². The first-order valence-corrected chi connectivity index (χ1v) is 7.11. The standard InChI is InChI=1S/C11H16N2O5S/c1-2-12-8(14)7-19-6-5-11(17)18-13-9(15)3-4-10(13)16/h2-7H2,1H3,(H,12,14). The first kappa shape index (κ1) is 15.5. The maximum atomic E-state index is 11.4. The number of nitrogens with one attached hydrogen (secondary N) is 1. The number of carbonyl (C=O) groups excluding carboxylic acids is 4. The Balaban J connectivity index is 2.16. The molecule has 1 fully saturated rings. The van der Waals surface area contributed by atoms with Gasteiger partial charge in [0.1, 0.15) is 0 Å². The van der Waals surface area contributed by atoms with Crippen molar-refractivity contribution in [3.05, 3.63) is 0 Å². The fraction of sp³-hybridized carbons (Fsp3) is 0.636. The van der Waals surface area contributed by atoms with Crippen molar-refractivity contribution in [3.8, 4) is 0 Å². The van der Waals surface area contributed by atoms with E-state index in [1.165, 1.54) is 11.8 Å². The first-order valence-electron chi connectivity index (χ1n) is 5.95. The van der Waals surface area contributed by atoms with E-state index in [0.717, 1.165) is 0 Å². The van der Waals surface area contributed by atoms with Gasteiger partial charge in [-0.25, -0.2) is 4.79 Å². The topological polar surface area (TPSA) is 92.8 Å². The van der Waals surface area contributed by atoms with Gasteiger partial charge in [-0.2, -0.15) is 11.8 Å². The van der Waals surface area contributed by atoms with Crippen molar-refractivity contribution in [2.24, 2.45) is 0 Å². The number of thioether (sulfide) groups is 1. The van der Waals surface area contributed by atoms with Gasteiger partial charge in [-0.15, -0.1) is 5.06 Å². The van der Waals surface area contributed by atoms with E-state index >= 15 is 0 Å². The van der Waals surface area contributed by atoms with E-state index in [4.69, 9.17) is 0 Å². The second kappa shape index (κ2) is 7.78. The molecule has 0 atom stereocenters. The first-order chi connectivity index (χ1) is 9.04. The van der Waals surface area contributed by atoms with Crippen LogP contribution in [0.1, 0.15) is 26.2 Å². The van der Waals surface area contributed by atoms with Gasteiger partial charge in [0.2, 0.25) is 5.91 Å². The smallest absolute Gasteiger partial charge is 0.334 e. The highest BCUT2D eigenvalue weighted by Gasteiger charge is 2.32. The molecule has 0 spiro atoms. The van der Waals surface area contributed by atoms with Crippen LogP contribution < -0.4 is 5.32 Å². The minimum Gasteiger partial charge on any atom is -0.356 e. The van der Waals surface area contributed by atoms with E-state index < -0.39 is 17.8 Å². The highest BCUT2D eigenvalue weighted by Crippen LogP contribution is 2.13. The number of nitrogens with zero attached hydrogens (tertiary/aromatic N) is 1. The molecule has 0 radical (unpaired) electrons. The molecule has 8 heteroatoms. The van der Waals surface area contributed by atoms with Crippen LogP contribution in [0, 0.1) is 0 Å². The fourth-order valence-electron chi connectivity index (χ4n) is 1.37. The maximum absolute atomic E-state index is 11.4. The lowest BCUT2D eigenvalue weighted by Crippen LogP contribution is -2.32. The third-order valence-corrected chi connectivity index (χ3v) is 3.22. The summed E-state index contributed by atoms with van der Waals surface area (Å²) in [6, 6.07) is 0. The summed E-state index contributed by atoms with van der Waals surface area (Å²) in [6.07, 6.45) is 0.206. The van der Waals surface area contributed by atoms with Gasteiger partial charge in [0, 0.05) is 25.1 Å². The van der Waals surface area contributed by atoms with E-state index in [0.29, 0.717) is 17.4 Å². The lowest BCUT2D eigenvalue weighted by atomic mass is 10.4. The van der Waals surface area contributed by atoms with Crippen LogP contribution in [0.2, 0.25) is 0 Å². The third kappa shape index (κ3) is 5.29. The molecule has 19 heavy (non-hydrogen) atoms. The number of hydrogen-bond donors (Lipinski definition) is 1. The van der Waals surface area contributed by atoms with Gasteiger partial charge < -0.3 is 10.2 Å². The molecule has 1 aliphatic heterocycles. The monoisotopic (exact) mass is 288 g/mol. The second-order valence-electron chi connectivity index (χ2n) is 3.80. The predicted octanol–water partition coefficient (Wildman–Crippen LogP) is -0.147. The maximum Gasteiger partial charge on any atom is 0.334 e. The van der Waals surface area contributed by atoms with Crippen molar-refractivity contribution in [1.29, 1.82) is 0 Å². The molecule has 3 amide bonds. The molecule has 0 aromatic carbocycles. The summed E-state index contributed by atoms with van der Waals surface area (Å²) in [7, 11) is 0. The van der Waals surface area contributed by atoms with Crippen molar-refractivity contribution in [2.75, 3.05) is 18.1 Å². The molecule has 7 nitrogen and oxygen atoms in total. The number of carbonyl (C=O) groups is 4. The summed E-state index contributed by atoms with van der Waals surface area (Å²) >= 11 is 1.29. The number of rotatable bonds is 7. The predicted molar refractivity (Wildman–Crippen MR) is 67.8 cm³/mol. The summed E-state index contributed by atoms with van der Waals surface area (Å²) in [6.45, 7) is 2.39. The molecule has 1 aliphatic rings. The van der Waals surface area contributed by atoms with Gasteiger partial charge in [0.25, 0.3) is 11.8 Å². The van der Waals surface area contributed by atoms with E-state index in [2.05, 4.69) is 10.2 Å². The second-order valence-corrected chi connectivity index (χ2v) is 4.91. The Morgan fingerprint density at radius 3 is 2.53 bits per heavy atom. The van der Waals surface area contributed by atoms with Crippen molar-refractivity contribution in [1.82, 2.24) is 10.4 Å². The zero-order valence-electron chi connectivity index (χ0n) is 10.6. The molecule has 1 N–H and O–H groups in total. The average Bonchev–Trinajstić information content (AvgIpc) is 2.67. The normalized spacial score (nSPS) is 14.7. The molecule has 0 unspecified atom stereocenters. The SMILES string of the molecule is CCNC(=O)CSCCC(=O)ON1C(=O)CCC1=O.